The van der Waals surface area contributed by atoms with Gasteiger partial charge in [-0.25, -0.2) is 0 Å². The highest BCUT2D eigenvalue weighted by Gasteiger charge is 2.03. The zero-order chi connectivity index (χ0) is 21.7. The first-order chi connectivity index (χ1) is 13.9. The summed E-state index contributed by atoms with van der Waals surface area (Å²) >= 11 is 2.43. The zero-order valence-electron chi connectivity index (χ0n) is 17.6. The molecule has 0 aliphatic rings. The molecule has 0 unspecified atom stereocenters. The normalized spacial score (nSPS) is 10.8. The highest BCUT2D eigenvalue weighted by atomic mass is 32.2. The van der Waals surface area contributed by atoms with Gasteiger partial charge in [0.2, 0.25) is 10.2 Å². The minimum atomic E-state index is 0.00427. The summed E-state index contributed by atoms with van der Waals surface area (Å²) in [5.74, 6) is 1.24. The first-order valence-corrected chi connectivity index (χ1v) is 11.5. The third-order valence-electron chi connectivity index (χ3n) is 3.11. The van der Waals surface area contributed by atoms with Crippen molar-refractivity contribution in [3.05, 3.63) is 24.3 Å². The van der Waals surface area contributed by atoms with Crippen molar-refractivity contribution < 1.29 is 33.3 Å². The molecule has 0 saturated carbocycles. The number of carbonyl (C=O) groups excluding carboxylic acids is 2. The van der Waals surface area contributed by atoms with Crippen LogP contribution in [0.25, 0.3) is 0 Å². The fourth-order valence-corrected chi connectivity index (χ4v) is 2.88. The molecule has 0 bridgehead atoms. The van der Waals surface area contributed by atoms with Crippen molar-refractivity contribution in [2.75, 3.05) is 77.6 Å². The van der Waals surface area contributed by atoms with Crippen LogP contribution in [-0.4, -0.2) is 87.8 Å². The minimum absolute atomic E-state index is 0.00427. The third-order valence-corrected chi connectivity index (χ3v) is 5.07. The molecule has 9 heteroatoms. The second kappa shape index (κ2) is 20.6. The summed E-state index contributed by atoms with van der Waals surface area (Å²) in [4.78, 5) is 22.6. The van der Waals surface area contributed by atoms with Crippen LogP contribution in [-0.2, 0) is 33.3 Å². The number of ether oxygens (including phenoxy) is 5. The van der Waals surface area contributed by atoms with Crippen LogP contribution < -0.4 is 0 Å². The van der Waals surface area contributed by atoms with E-state index >= 15 is 0 Å². The Bertz CT molecular complexity index is 441. The van der Waals surface area contributed by atoms with Gasteiger partial charge in [-0.15, -0.1) is 0 Å². The first kappa shape index (κ1) is 28.3. The van der Waals surface area contributed by atoms with Gasteiger partial charge in [0.25, 0.3) is 0 Å². The summed E-state index contributed by atoms with van der Waals surface area (Å²) in [6.07, 6.45) is 0. The predicted octanol–water partition coefficient (Wildman–Crippen LogP) is 2.74. The lowest BCUT2D eigenvalue weighted by atomic mass is 10.4. The monoisotopic (exact) mass is 450 g/mol. The molecule has 0 aliphatic heterocycles. The molecule has 0 spiro atoms. The standard InChI is InChI=1S/C20H34O7S2/c1-17(2)19(21)28-15-13-26-11-9-24-7-5-23-6-8-25-10-12-27-14-16-29-20(22)18(3)4/h1,3,5-16H2,2,4H3. The van der Waals surface area contributed by atoms with E-state index in [1.165, 1.54) is 23.5 Å². The maximum absolute atomic E-state index is 11.3. The maximum atomic E-state index is 11.3. The Morgan fingerprint density at radius 3 is 1.03 bits per heavy atom. The average molecular weight is 451 g/mol. The van der Waals surface area contributed by atoms with Crippen LogP contribution in [0, 0.1) is 0 Å². The summed E-state index contributed by atoms with van der Waals surface area (Å²) in [5.41, 5.74) is 1.11. The molecule has 0 saturated heterocycles. The molecular weight excluding hydrogens is 416 g/mol. The van der Waals surface area contributed by atoms with Gasteiger partial charge in [0, 0.05) is 11.5 Å². The van der Waals surface area contributed by atoms with E-state index in [0.29, 0.717) is 88.7 Å². The highest BCUT2D eigenvalue weighted by Crippen LogP contribution is 2.08. The molecule has 168 valence electrons. The number of carbonyl (C=O) groups is 2. The second-order valence-electron chi connectivity index (χ2n) is 5.89. The zero-order valence-corrected chi connectivity index (χ0v) is 19.2. The Labute approximate surface area is 182 Å². The van der Waals surface area contributed by atoms with Crippen molar-refractivity contribution in [1.82, 2.24) is 0 Å². The summed E-state index contributed by atoms with van der Waals surface area (Å²) < 4.78 is 26.9. The van der Waals surface area contributed by atoms with Crippen molar-refractivity contribution in [2.45, 2.75) is 13.8 Å². The van der Waals surface area contributed by atoms with Crippen LogP contribution in [0.2, 0.25) is 0 Å². The van der Waals surface area contributed by atoms with Crippen LogP contribution in [0.4, 0.5) is 0 Å². The van der Waals surface area contributed by atoms with Crippen molar-refractivity contribution >= 4 is 33.8 Å². The van der Waals surface area contributed by atoms with E-state index in [-0.39, 0.29) is 10.2 Å². The summed E-state index contributed by atoms with van der Waals surface area (Å²) in [6, 6.07) is 0. The third kappa shape index (κ3) is 20.4. The number of thioether (sulfide) groups is 2. The van der Waals surface area contributed by atoms with Gasteiger partial charge in [-0.2, -0.15) is 0 Å². The molecule has 0 aromatic carbocycles. The molecule has 0 aromatic rings. The van der Waals surface area contributed by atoms with E-state index in [9.17, 15) is 9.59 Å². The molecule has 0 N–H and O–H groups in total. The van der Waals surface area contributed by atoms with E-state index in [2.05, 4.69) is 13.2 Å². The van der Waals surface area contributed by atoms with E-state index in [1.807, 2.05) is 0 Å². The van der Waals surface area contributed by atoms with Crippen LogP contribution >= 0.6 is 23.5 Å². The van der Waals surface area contributed by atoms with Gasteiger partial charge in [0.15, 0.2) is 0 Å². The van der Waals surface area contributed by atoms with E-state index in [0.717, 1.165) is 0 Å². The van der Waals surface area contributed by atoms with Crippen molar-refractivity contribution in [3.63, 3.8) is 0 Å². The fourth-order valence-electron chi connectivity index (χ4n) is 1.61. The van der Waals surface area contributed by atoms with E-state index in [4.69, 9.17) is 23.7 Å². The average Bonchev–Trinajstić information content (AvgIpc) is 2.69. The van der Waals surface area contributed by atoms with Crippen LogP contribution in [0.15, 0.2) is 24.3 Å². The van der Waals surface area contributed by atoms with Gasteiger partial charge >= 0.3 is 0 Å². The molecule has 0 fully saturated rings. The van der Waals surface area contributed by atoms with Crippen LogP contribution in [0.3, 0.4) is 0 Å². The summed E-state index contributed by atoms with van der Waals surface area (Å²) in [7, 11) is 0. The van der Waals surface area contributed by atoms with Gasteiger partial charge in [0.1, 0.15) is 0 Å². The van der Waals surface area contributed by atoms with Gasteiger partial charge in [-0.05, 0) is 25.0 Å². The topological polar surface area (TPSA) is 80.3 Å². The minimum Gasteiger partial charge on any atom is -0.378 e. The van der Waals surface area contributed by atoms with Crippen LogP contribution in [0.5, 0.6) is 0 Å². The second-order valence-corrected chi connectivity index (χ2v) is 8.03. The molecule has 0 aromatic heterocycles. The smallest absolute Gasteiger partial charge is 0.214 e. The number of rotatable bonds is 20. The Kier molecular flexibility index (Phi) is 20.1. The van der Waals surface area contributed by atoms with Crippen molar-refractivity contribution in [3.8, 4) is 0 Å². The maximum Gasteiger partial charge on any atom is 0.214 e. The number of hydrogen-bond acceptors (Lipinski definition) is 9. The first-order valence-electron chi connectivity index (χ1n) is 9.49. The van der Waals surface area contributed by atoms with Gasteiger partial charge < -0.3 is 23.7 Å². The Morgan fingerprint density at radius 1 is 0.552 bits per heavy atom. The lowest BCUT2D eigenvalue weighted by molar-refractivity contribution is -0.108. The lowest BCUT2D eigenvalue weighted by Crippen LogP contribution is -2.14. The quantitative estimate of drug-likeness (QED) is 0.205. The molecule has 0 atom stereocenters. The van der Waals surface area contributed by atoms with Gasteiger partial charge in [-0.3, -0.25) is 9.59 Å². The van der Waals surface area contributed by atoms with Gasteiger partial charge in [0.05, 0.1) is 66.1 Å². The Morgan fingerprint density at radius 2 is 0.793 bits per heavy atom. The lowest BCUT2D eigenvalue weighted by Gasteiger charge is -2.08. The highest BCUT2D eigenvalue weighted by molar-refractivity contribution is 8.14. The van der Waals surface area contributed by atoms with Crippen molar-refractivity contribution in [2.24, 2.45) is 0 Å². The predicted molar refractivity (Wildman–Crippen MR) is 119 cm³/mol. The largest absolute Gasteiger partial charge is 0.378 e. The molecular formula is C20H34O7S2. The van der Waals surface area contributed by atoms with Crippen LogP contribution in [0.1, 0.15) is 13.8 Å². The molecule has 29 heavy (non-hydrogen) atoms. The molecule has 0 aliphatic carbocycles. The Balaban J connectivity index is 3.13. The SMILES string of the molecule is C=C(C)C(=O)SCCOCCOCCOCCOCCOCCSC(=O)C(=C)C. The Hall–Kier alpha value is -0.680. The molecule has 7 nitrogen and oxygen atoms in total. The fraction of sp³-hybridized carbons (Fsp3) is 0.700. The molecule has 0 rings (SSSR count). The summed E-state index contributed by atoms with van der Waals surface area (Å²) in [5, 5.41) is 0.00854. The van der Waals surface area contributed by atoms with E-state index in [1.54, 1.807) is 13.8 Å². The van der Waals surface area contributed by atoms with Crippen molar-refractivity contribution in [1.29, 1.82) is 0 Å². The molecule has 0 radical (unpaired) electrons. The number of hydrogen-bond donors (Lipinski definition) is 0. The van der Waals surface area contributed by atoms with E-state index < -0.39 is 0 Å². The molecule has 0 heterocycles. The van der Waals surface area contributed by atoms with Gasteiger partial charge in [-0.1, -0.05) is 36.7 Å². The summed E-state index contributed by atoms with van der Waals surface area (Å²) in [6.45, 7) is 15.6. The molecule has 0 amide bonds.